The Kier molecular flexibility index (Phi) is 4.79. The van der Waals surface area contributed by atoms with Gasteiger partial charge in [-0.25, -0.2) is 4.79 Å². The molecule has 0 fully saturated rings. The Labute approximate surface area is 151 Å². The molecule has 0 spiro atoms. The predicted molar refractivity (Wildman–Crippen MR) is 100.0 cm³/mol. The van der Waals surface area contributed by atoms with Crippen LogP contribution < -0.4 is 4.90 Å². The number of benzene rings is 2. The third kappa shape index (κ3) is 3.87. The first-order chi connectivity index (χ1) is 11.3. The highest BCUT2D eigenvalue weighted by Crippen LogP contribution is 2.41. The summed E-state index contributed by atoms with van der Waals surface area (Å²) >= 11 is 7.78. The zero-order valence-electron chi connectivity index (χ0n) is 14.0. The van der Waals surface area contributed by atoms with E-state index in [4.69, 9.17) is 16.3 Å². The number of thioether (sulfide) groups is 1. The Morgan fingerprint density at radius 1 is 1.21 bits per heavy atom. The topological polar surface area (TPSA) is 29.5 Å². The van der Waals surface area contributed by atoms with E-state index in [2.05, 4.69) is 0 Å². The summed E-state index contributed by atoms with van der Waals surface area (Å²) in [5, 5.41) is 0.638. The lowest BCUT2D eigenvalue weighted by Crippen LogP contribution is -2.40. The molecule has 0 bridgehead atoms. The summed E-state index contributed by atoms with van der Waals surface area (Å²) in [4.78, 5) is 15.6. The summed E-state index contributed by atoms with van der Waals surface area (Å²) in [6, 6.07) is 15.7. The SMILES string of the molecule is CC(C)(C)OC(=O)N1c2ccc(Cl)cc2CC1Sc1ccccc1. The van der Waals surface area contributed by atoms with E-state index in [1.807, 2.05) is 69.3 Å². The van der Waals surface area contributed by atoms with E-state index < -0.39 is 5.60 Å². The second-order valence-corrected chi connectivity index (χ2v) is 8.40. The zero-order valence-corrected chi connectivity index (χ0v) is 15.5. The average molecular weight is 362 g/mol. The number of carbonyl (C=O) groups is 1. The van der Waals surface area contributed by atoms with Gasteiger partial charge in [0.2, 0.25) is 0 Å². The predicted octanol–water partition coefficient (Wildman–Crippen LogP) is 5.76. The van der Waals surface area contributed by atoms with Gasteiger partial charge in [0.05, 0.1) is 11.1 Å². The number of carbonyl (C=O) groups excluding carboxylic acids is 1. The molecular weight excluding hydrogens is 342 g/mol. The highest BCUT2D eigenvalue weighted by molar-refractivity contribution is 8.00. The lowest BCUT2D eigenvalue weighted by Gasteiger charge is -2.28. The van der Waals surface area contributed by atoms with Crippen LogP contribution in [0.4, 0.5) is 10.5 Å². The second-order valence-electron chi connectivity index (χ2n) is 6.71. The fraction of sp³-hybridized carbons (Fsp3) is 0.316. The van der Waals surface area contributed by atoms with Gasteiger partial charge in [0, 0.05) is 16.3 Å². The highest BCUT2D eigenvalue weighted by atomic mass is 35.5. The van der Waals surface area contributed by atoms with Crippen LogP contribution >= 0.6 is 23.4 Å². The molecule has 1 atom stereocenters. The lowest BCUT2D eigenvalue weighted by molar-refractivity contribution is 0.0580. The minimum absolute atomic E-state index is 0.0456. The number of rotatable bonds is 2. The van der Waals surface area contributed by atoms with Crippen LogP contribution in [-0.2, 0) is 11.2 Å². The normalized spacial score (nSPS) is 16.8. The van der Waals surface area contributed by atoms with Crippen LogP contribution in [0.25, 0.3) is 0 Å². The molecule has 1 unspecified atom stereocenters. The van der Waals surface area contributed by atoms with Crippen LogP contribution in [0.1, 0.15) is 26.3 Å². The summed E-state index contributed by atoms with van der Waals surface area (Å²) in [6.07, 6.45) is 0.423. The van der Waals surface area contributed by atoms with Gasteiger partial charge in [-0.3, -0.25) is 4.90 Å². The minimum Gasteiger partial charge on any atom is -0.443 e. The zero-order chi connectivity index (χ0) is 17.3. The number of hydrogen-bond acceptors (Lipinski definition) is 3. The number of amides is 1. The van der Waals surface area contributed by atoms with Gasteiger partial charge in [0.15, 0.2) is 0 Å². The fourth-order valence-corrected chi connectivity index (χ4v) is 4.06. The molecular formula is C19H20ClNO2S. The van der Waals surface area contributed by atoms with Gasteiger partial charge < -0.3 is 4.74 Å². The van der Waals surface area contributed by atoms with Gasteiger partial charge in [0.1, 0.15) is 5.60 Å². The Morgan fingerprint density at radius 3 is 2.58 bits per heavy atom. The fourth-order valence-electron chi connectivity index (χ4n) is 2.66. The van der Waals surface area contributed by atoms with Gasteiger partial charge >= 0.3 is 6.09 Å². The molecule has 3 rings (SSSR count). The van der Waals surface area contributed by atoms with Crippen molar-refractivity contribution in [1.82, 2.24) is 0 Å². The summed E-state index contributed by atoms with van der Waals surface area (Å²) in [7, 11) is 0. The van der Waals surface area contributed by atoms with Gasteiger partial charge in [-0.2, -0.15) is 0 Å². The molecule has 0 saturated heterocycles. The molecule has 1 aliphatic rings. The number of hydrogen-bond donors (Lipinski definition) is 0. The summed E-state index contributed by atoms with van der Waals surface area (Å²) in [5.74, 6) is 0. The van der Waals surface area contributed by atoms with Crippen molar-refractivity contribution in [2.24, 2.45) is 0 Å². The number of anilines is 1. The number of nitrogens with zero attached hydrogens (tertiary/aromatic N) is 1. The average Bonchev–Trinajstić information content (AvgIpc) is 2.83. The standard InChI is InChI=1S/C19H20ClNO2S/c1-19(2,3)23-18(22)21-16-10-9-14(20)11-13(16)12-17(21)24-15-7-5-4-6-8-15/h4-11,17H,12H2,1-3H3. The summed E-state index contributed by atoms with van der Waals surface area (Å²) < 4.78 is 5.62. The van der Waals surface area contributed by atoms with Crippen LogP contribution in [0.5, 0.6) is 0 Å². The minimum atomic E-state index is -0.534. The maximum Gasteiger partial charge on any atom is 0.415 e. The molecule has 2 aromatic carbocycles. The molecule has 24 heavy (non-hydrogen) atoms. The number of ether oxygens (including phenoxy) is 1. The first kappa shape index (κ1) is 17.2. The van der Waals surface area contributed by atoms with Crippen molar-refractivity contribution in [2.45, 2.75) is 43.1 Å². The monoisotopic (exact) mass is 361 g/mol. The van der Waals surface area contributed by atoms with Crippen molar-refractivity contribution in [3.63, 3.8) is 0 Å². The molecule has 5 heteroatoms. The molecule has 0 aromatic heterocycles. The second kappa shape index (κ2) is 6.69. The molecule has 3 nitrogen and oxygen atoms in total. The first-order valence-corrected chi connectivity index (χ1v) is 9.11. The maximum absolute atomic E-state index is 12.8. The highest BCUT2D eigenvalue weighted by Gasteiger charge is 2.37. The molecule has 126 valence electrons. The Bertz CT molecular complexity index is 743. The molecule has 0 radical (unpaired) electrons. The lowest BCUT2D eigenvalue weighted by atomic mass is 10.2. The van der Waals surface area contributed by atoms with Crippen LogP contribution in [0.2, 0.25) is 5.02 Å². The van der Waals surface area contributed by atoms with E-state index in [1.54, 1.807) is 16.7 Å². The molecule has 0 saturated carbocycles. The van der Waals surface area contributed by atoms with E-state index in [0.29, 0.717) is 5.02 Å². The summed E-state index contributed by atoms with van der Waals surface area (Å²) in [5.41, 5.74) is 1.41. The van der Waals surface area contributed by atoms with Crippen molar-refractivity contribution < 1.29 is 9.53 Å². The van der Waals surface area contributed by atoms with Crippen LogP contribution in [0, 0.1) is 0 Å². The van der Waals surface area contributed by atoms with Crippen LogP contribution in [0.3, 0.4) is 0 Å². The van der Waals surface area contributed by atoms with E-state index >= 15 is 0 Å². The number of halogens is 1. The maximum atomic E-state index is 12.8. The largest absolute Gasteiger partial charge is 0.443 e. The first-order valence-electron chi connectivity index (χ1n) is 7.86. The third-order valence-electron chi connectivity index (χ3n) is 3.59. The van der Waals surface area contributed by atoms with Crippen molar-refractivity contribution in [1.29, 1.82) is 0 Å². The van der Waals surface area contributed by atoms with Crippen molar-refractivity contribution in [2.75, 3.05) is 4.90 Å². The van der Waals surface area contributed by atoms with Crippen molar-refractivity contribution in [3.8, 4) is 0 Å². The van der Waals surface area contributed by atoms with Crippen molar-refractivity contribution in [3.05, 3.63) is 59.1 Å². The van der Waals surface area contributed by atoms with Gasteiger partial charge in [-0.1, -0.05) is 29.8 Å². The van der Waals surface area contributed by atoms with Gasteiger partial charge in [0.25, 0.3) is 0 Å². The smallest absolute Gasteiger partial charge is 0.415 e. The van der Waals surface area contributed by atoms with Crippen LogP contribution in [0.15, 0.2) is 53.4 Å². The van der Waals surface area contributed by atoms with Crippen molar-refractivity contribution >= 4 is 35.1 Å². The molecule has 0 aliphatic carbocycles. The van der Waals surface area contributed by atoms with Gasteiger partial charge in [-0.05, 0) is 56.7 Å². The van der Waals surface area contributed by atoms with E-state index in [1.165, 1.54) is 0 Å². The van der Waals surface area contributed by atoms with Crippen LogP contribution in [-0.4, -0.2) is 17.1 Å². The number of fused-ring (bicyclic) bond motifs is 1. The molecule has 1 aliphatic heterocycles. The Morgan fingerprint density at radius 2 is 1.92 bits per heavy atom. The van der Waals surface area contributed by atoms with Gasteiger partial charge in [-0.15, -0.1) is 11.8 Å². The third-order valence-corrected chi connectivity index (χ3v) is 5.02. The van der Waals surface area contributed by atoms with E-state index in [0.717, 1.165) is 22.6 Å². The Hall–Kier alpha value is -1.65. The quantitative estimate of drug-likeness (QED) is 0.681. The molecule has 1 heterocycles. The van der Waals surface area contributed by atoms with E-state index in [-0.39, 0.29) is 11.5 Å². The Balaban J connectivity index is 1.91. The molecule has 0 N–H and O–H groups in total. The molecule has 2 aromatic rings. The summed E-state index contributed by atoms with van der Waals surface area (Å²) in [6.45, 7) is 5.63. The van der Waals surface area contributed by atoms with E-state index in [9.17, 15) is 4.79 Å². The molecule has 1 amide bonds.